The molecule has 0 radical (unpaired) electrons. The number of benzene rings is 2. The van der Waals surface area contributed by atoms with E-state index in [1.54, 1.807) is 52.8 Å². The number of para-hydroxylation sites is 1. The minimum absolute atomic E-state index is 0.123. The molecule has 0 aliphatic carbocycles. The van der Waals surface area contributed by atoms with Gasteiger partial charge in [0.15, 0.2) is 5.11 Å². The van der Waals surface area contributed by atoms with Crippen molar-refractivity contribution < 1.29 is 13.5 Å². The van der Waals surface area contributed by atoms with Crippen LogP contribution in [0.3, 0.4) is 0 Å². The summed E-state index contributed by atoms with van der Waals surface area (Å²) in [7, 11) is -3.45. The van der Waals surface area contributed by atoms with Gasteiger partial charge in [0.1, 0.15) is 5.75 Å². The first-order valence-electron chi connectivity index (χ1n) is 8.95. The SMILES string of the molecule is O=S(=O)(c1ccc(NC(=S)N/N=C/c2ccccc2O)cc1)N1CCCCC1. The Bertz CT molecular complexity index is 953. The van der Waals surface area contributed by atoms with E-state index in [9.17, 15) is 13.5 Å². The van der Waals surface area contributed by atoms with Crippen molar-refractivity contribution in [1.82, 2.24) is 9.73 Å². The van der Waals surface area contributed by atoms with E-state index in [0.717, 1.165) is 19.3 Å². The Morgan fingerprint density at radius 3 is 2.43 bits per heavy atom. The van der Waals surface area contributed by atoms with Crippen LogP contribution in [0, 0.1) is 0 Å². The van der Waals surface area contributed by atoms with Gasteiger partial charge in [0.25, 0.3) is 0 Å². The van der Waals surface area contributed by atoms with Crippen LogP contribution >= 0.6 is 12.2 Å². The predicted octanol–water partition coefficient (Wildman–Crippen LogP) is 2.89. The van der Waals surface area contributed by atoms with E-state index in [0.29, 0.717) is 24.3 Å². The average Bonchev–Trinajstić information content (AvgIpc) is 2.70. The van der Waals surface area contributed by atoms with Crippen molar-refractivity contribution >= 4 is 39.3 Å². The Hall–Kier alpha value is -2.49. The molecule has 1 fully saturated rings. The molecule has 148 valence electrons. The molecule has 3 rings (SSSR count). The average molecular weight is 419 g/mol. The lowest BCUT2D eigenvalue weighted by Gasteiger charge is -2.25. The molecule has 1 saturated heterocycles. The molecule has 7 nitrogen and oxygen atoms in total. The highest BCUT2D eigenvalue weighted by atomic mass is 32.2. The minimum Gasteiger partial charge on any atom is -0.507 e. The standard InChI is InChI=1S/C19H22N4O3S2/c24-18-7-3-2-6-15(18)14-20-22-19(27)21-16-8-10-17(11-9-16)28(25,26)23-12-4-1-5-13-23/h2-3,6-11,14,24H,1,4-5,12-13H2,(H2,21,22,27)/b20-14+. The number of nitrogens with zero attached hydrogens (tertiary/aromatic N) is 2. The summed E-state index contributed by atoms with van der Waals surface area (Å²) in [5.41, 5.74) is 3.86. The fourth-order valence-corrected chi connectivity index (χ4v) is 4.57. The topological polar surface area (TPSA) is 94.0 Å². The fourth-order valence-electron chi connectivity index (χ4n) is 2.88. The van der Waals surface area contributed by atoms with Gasteiger partial charge in [-0.2, -0.15) is 9.41 Å². The Labute approximate surface area is 170 Å². The Balaban J connectivity index is 1.58. The maximum absolute atomic E-state index is 12.7. The zero-order chi connectivity index (χ0) is 20.0. The number of piperidine rings is 1. The third-order valence-electron chi connectivity index (χ3n) is 4.37. The molecule has 0 bridgehead atoms. The summed E-state index contributed by atoms with van der Waals surface area (Å²) < 4.78 is 26.8. The first-order chi connectivity index (χ1) is 13.5. The van der Waals surface area contributed by atoms with Gasteiger partial charge in [-0.05, 0) is 61.5 Å². The number of phenols is 1. The third kappa shape index (κ3) is 5.06. The maximum Gasteiger partial charge on any atom is 0.243 e. The van der Waals surface area contributed by atoms with Crippen LogP contribution in [0.4, 0.5) is 5.69 Å². The molecule has 0 spiro atoms. The lowest BCUT2D eigenvalue weighted by Crippen LogP contribution is -2.35. The first-order valence-corrected chi connectivity index (χ1v) is 10.8. The predicted molar refractivity (Wildman–Crippen MR) is 114 cm³/mol. The summed E-state index contributed by atoms with van der Waals surface area (Å²) >= 11 is 5.17. The molecule has 3 N–H and O–H groups in total. The zero-order valence-electron chi connectivity index (χ0n) is 15.2. The summed E-state index contributed by atoms with van der Waals surface area (Å²) in [5, 5.41) is 16.8. The molecule has 2 aromatic carbocycles. The molecular weight excluding hydrogens is 396 g/mol. The van der Waals surface area contributed by atoms with Crippen molar-refractivity contribution in [2.24, 2.45) is 5.10 Å². The van der Waals surface area contributed by atoms with Crippen molar-refractivity contribution in [2.45, 2.75) is 24.2 Å². The number of phenolic OH excluding ortho intramolecular Hbond substituents is 1. The summed E-state index contributed by atoms with van der Waals surface area (Å²) in [6, 6.07) is 13.3. The highest BCUT2D eigenvalue weighted by Gasteiger charge is 2.25. The number of rotatable bonds is 5. The number of hydrogen-bond donors (Lipinski definition) is 3. The summed E-state index contributed by atoms with van der Waals surface area (Å²) in [6.45, 7) is 1.15. The second kappa shape index (κ2) is 9.13. The van der Waals surface area contributed by atoms with Crippen molar-refractivity contribution in [3.05, 3.63) is 54.1 Å². The van der Waals surface area contributed by atoms with Gasteiger partial charge in [-0.3, -0.25) is 5.43 Å². The molecule has 28 heavy (non-hydrogen) atoms. The number of aromatic hydroxyl groups is 1. The fraction of sp³-hybridized carbons (Fsp3) is 0.263. The number of nitrogens with one attached hydrogen (secondary N) is 2. The molecule has 0 aromatic heterocycles. The van der Waals surface area contributed by atoms with E-state index in [1.807, 2.05) is 0 Å². The van der Waals surface area contributed by atoms with Gasteiger partial charge in [0.2, 0.25) is 10.0 Å². The van der Waals surface area contributed by atoms with Crippen LogP contribution < -0.4 is 10.7 Å². The number of anilines is 1. The largest absolute Gasteiger partial charge is 0.507 e. The van der Waals surface area contributed by atoms with Crippen LogP contribution in [0.2, 0.25) is 0 Å². The maximum atomic E-state index is 12.7. The summed E-state index contributed by atoms with van der Waals surface area (Å²) in [4.78, 5) is 0.274. The van der Waals surface area contributed by atoms with E-state index in [4.69, 9.17) is 12.2 Å². The summed E-state index contributed by atoms with van der Waals surface area (Å²) in [5.74, 6) is 0.123. The Morgan fingerprint density at radius 2 is 1.75 bits per heavy atom. The van der Waals surface area contributed by atoms with Gasteiger partial charge in [-0.25, -0.2) is 8.42 Å². The monoisotopic (exact) mass is 418 g/mol. The van der Waals surface area contributed by atoms with Crippen LogP contribution in [0.1, 0.15) is 24.8 Å². The first kappa shape index (κ1) is 20.2. The van der Waals surface area contributed by atoms with E-state index >= 15 is 0 Å². The van der Waals surface area contributed by atoms with Gasteiger partial charge >= 0.3 is 0 Å². The molecule has 0 unspecified atom stereocenters. The van der Waals surface area contributed by atoms with Gasteiger partial charge < -0.3 is 10.4 Å². The van der Waals surface area contributed by atoms with Crippen LogP contribution in [-0.2, 0) is 10.0 Å². The van der Waals surface area contributed by atoms with Crippen molar-refractivity contribution in [2.75, 3.05) is 18.4 Å². The van der Waals surface area contributed by atoms with Gasteiger partial charge in [0, 0.05) is 24.3 Å². The van der Waals surface area contributed by atoms with E-state index < -0.39 is 10.0 Å². The second-order valence-corrected chi connectivity index (χ2v) is 8.72. The number of hydrazone groups is 1. The lowest BCUT2D eigenvalue weighted by atomic mass is 10.2. The molecule has 2 aromatic rings. The molecule has 0 atom stereocenters. The van der Waals surface area contributed by atoms with Crippen LogP contribution in [0.25, 0.3) is 0 Å². The quantitative estimate of drug-likeness (QED) is 0.393. The highest BCUT2D eigenvalue weighted by Crippen LogP contribution is 2.22. The molecule has 0 saturated carbocycles. The Morgan fingerprint density at radius 1 is 1.07 bits per heavy atom. The van der Waals surface area contributed by atoms with Crippen molar-refractivity contribution in [3.63, 3.8) is 0 Å². The molecular formula is C19H22N4O3S2. The highest BCUT2D eigenvalue weighted by molar-refractivity contribution is 7.89. The summed E-state index contributed by atoms with van der Waals surface area (Å²) in [6.07, 6.45) is 4.34. The third-order valence-corrected chi connectivity index (χ3v) is 6.48. The zero-order valence-corrected chi connectivity index (χ0v) is 16.8. The lowest BCUT2D eigenvalue weighted by molar-refractivity contribution is 0.346. The van der Waals surface area contributed by atoms with Crippen LogP contribution in [0.15, 0.2) is 58.5 Å². The van der Waals surface area contributed by atoms with Crippen LogP contribution in [-0.4, -0.2) is 42.2 Å². The van der Waals surface area contributed by atoms with Crippen molar-refractivity contribution in [3.8, 4) is 5.75 Å². The normalized spacial score (nSPS) is 15.4. The number of sulfonamides is 1. The number of hydrogen-bond acceptors (Lipinski definition) is 5. The van der Waals surface area contributed by atoms with Crippen LogP contribution in [0.5, 0.6) is 5.75 Å². The Kier molecular flexibility index (Phi) is 6.61. The smallest absolute Gasteiger partial charge is 0.243 e. The van der Waals surface area contributed by atoms with E-state index in [-0.39, 0.29) is 15.8 Å². The van der Waals surface area contributed by atoms with Gasteiger partial charge in [0.05, 0.1) is 11.1 Å². The van der Waals surface area contributed by atoms with E-state index in [1.165, 1.54) is 6.21 Å². The molecule has 1 heterocycles. The van der Waals surface area contributed by atoms with E-state index in [2.05, 4.69) is 15.8 Å². The number of thiocarbonyl (C=S) groups is 1. The minimum atomic E-state index is -3.45. The van der Waals surface area contributed by atoms with Crippen molar-refractivity contribution in [1.29, 1.82) is 0 Å². The van der Waals surface area contributed by atoms with Gasteiger partial charge in [-0.15, -0.1) is 0 Å². The molecule has 9 heteroatoms. The molecule has 1 aliphatic rings. The molecule has 1 aliphatic heterocycles. The van der Waals surface area contributed by atoms with Gasteiger partial charge in [-0.1, -0.05) is 18.6 Å². The second-order valence-electron chi connectivity index (χ2n) is 6.37. The molecule has 0 amide bonds.